The second-order valence-corrected chi connectivity index (χ2v) is 4.50. The number of carboxylic acids is 1. The third kappa shape index (κ3) is 3.59. The average Bonchev–Trinajstić information content (AvgIpc) is 2.88. The minimum atomic E-state index is -1.04. The smallest absolute Gasteiger partial charge is 0.335 e. The first-order chi connectivity index (χ1) is 9.99. The molecule has 3 N–H and O–H groups in total. The largest absolute Gasteiger partial charge is 0.478 e. The number of benzene rings is 1. The third-order valence-corrected chi connectivity index (χ3v) is 2.95. The molecule has 0 fully saturated rings. The van der Waals surface area contributed by atoms with Gasteiger partial charge in [-0.25, -0.2) is 9.59 Å². The summed E-state index contributed by atoms with van der Waals surface area (Å²) in [4.78, 5) is 22.8. The van der Waals surface area contributed by atoms with E-state index in [4.69, 9.17) is 5.11 Å². The molecule has 0 atom stereocenters. The van der Waals surface area contributed by atoms with Crippen LogP contribution in [0.3, 0.4) is 0 Å². The minimum Gasteiger partial charge on any atom is -0.478 e. The number of aromatic nitrogens is 2. The molecule has 0 radical (unpaired) electrons. The fourth-order valence-corrected chi connectivity index (χ4v) is 1.78. The highest BCUT2D eigenvalue weighted by atomic mass is 16.4. The molecule has 0 aliphatic carbocycles. The topological polar surface area (TPSA) is 96.2 Å². The van der Waals surface area contributed by atoms with Crippen molar-refractivity contribution in [1.29, 1.82) is 0 Å². The summed E-state index contributed by atoms with van der Waals surface area (Å²) in [5.74, 6) is -1.04. The van der Waals surface area contributed by atoms with Gasteiger partial charge in [-0.3, -0.25) is 4.68 Å². The molecule has 110 valence electrons. The highest BCUT2D eigenvalue weighted by Gasteiger charge is 2.09. The van der Waals surface area contributed by atoms with Gasteiger partial charge in [-0.1, -0.05) is 6.07 Å². The number of aryl methyl sites for hydroxylation is 2. The first-order valence-electron chi connectivity index (χ1n) is 6.44. The molecule has 0 bridgehead atoms. The Morgan fingerprint density at radius 1 is 1.33 bits per heavy atom. The Hall–Kier alpha value is -2.83. The normalized spacial score (nSPS) is 10.2. The molecule has 2 amide bonds. The first kappa shape index (κ1) is 14.6. The maximum atomic E-state index is 11.9. The molecule has 7 nitrogen and oxygen atoms in total. The van der Waals surface area contributed by atoms with E-state index in [1.807, 2.05) is 6.92 Å². The van der Waals surface area contributed by atoms with Gasteiger partial charge in [0, 0.05) is 18.4 Å². The molecular formula is C14H16N4O3. The predicted octanol–water partition coefficient (Wildman–Crippen LogP) is 2.55. The molecule has 0 unspecified atom stereocenters. The number of carboxylic acid groups (broad SMARTS) is 1. The van der Waals surface area contributed by atoms with Gasteiger partial charge in [0.2, 0.25) is 0 Å². The van der Waals surface area contributed by atoms with Gasteiger partial charge in [-0.15, -0.1) is 0 Å². The fraction of sp³-hybridized carbons (Fsp3) is 0.214. The van der Waals surface area contributed by atoms with E-state index in [1.165, 1.54) is 12.1 Å². The van der Waals surface area contributed by atoms with Crippen molar-refractivity contribution in [3.05, 3.63) is 41.7 Å². The Labute approximate surface area is 121 Å². The second kappa shape index (κ2) is 6.08. The molecular weight excluding hydrogens is 272 g/mol. The van der Waals surface area contributed by atoms with Gasteiger partial charge in [0.15, 0.2) is 0 Å². The summed E-state index contributed by atoms with van der Waals surface area (Å²) in [5.41, 5.74) is 1.92. The monoisotopic (exact) mass is 288 g/mol. The van der Waals surface area contributed by atoms with Crippen molar-refractivity contribution in [2.45, 2.75) is 20.4 Å². The number of amides is 2. The SMILES string of the molecule is CCn1cc(NC(=O)Nc2cc(C(=O)O)ccc2C)cn1. The highest BCUT2D eigenvalue weighted by Crippen LogP contribution is 2.17. The van der Waals surface area contributed by atoms with Gasteiger partial charge in [0.25, 0.3) is 0 Å². The Balaban J connectivity index is 2.08. The molecule has 0 aliphatic rings. The molecule has 7 heteroatoms. The van der Waals surface area contributed by atoms with E-state index in [0.717, 1.165) is 5.56 Å². The second-order valence-electron chi connectivity index (χ2n) is 4.50. The lowest BCUT2D eigenvalue weighted by molar-refractivity contribution is 0.0697. The summed E-state index contributed by atoms with van der Waals surface area (Å²) in [6.07, 6.45) is 3.25. The van der Waals surface area contributed by atoms with Crippen molar-refractivity contribution in [2.24, 2.45) is 0 Å². The van der Waals surface area contributed by atoms with E-state index >= 15 is 0 Å². The Morgan fingerprint density at radius 2 is 2.10 bits per heavy atom. The molecule has 0 saturated carbocycles. The molecule has 0 spiro atoms. The van der Waals surface area contributed by atoms with Gasteiger partial charge < -0.3 is 15.7 Å². The minimum absolute atomic E-state index is 0.120. The highest BCUT2D eigenvalue weighted by molar-refractivity contribution is 6.01. The lowest BCUT2D eigenvalue weighted by Gasteiger charge is -2.09. The van der Waals surface area contributed by atoms with E-state index in [9.17, 15) is 9.59 Å². The van der Waals surface area contributed by atoms with E-state index in [-0.39, 0.29) is 5.56 Å². The van der Waals surface area contributed by atoms with Crippen LogP contribution in [0.25, 0.3) is 0 Å². The molecule has 2 rings (SSSR count). The predicted molar refractivity (Wildman–Crippen MR) is 78.7 cm³/mol. The van der Waals surface area contributed by atoms with Crippen LogP contribution in [0.5, 0.6) is 0 Å². The molecule has 1 aromatic carbocycles. The molecule has 2 aromatic rings. The molecule has 0 aliphatic heterocycles. The van der Waals surface area contributed by atoms with Crippen LogP contribution < -0.4 is 10.6 Å². The number of urea groups is 1. The number of anilines is 2. The van der Waals surface area contributed by atoms with E-state index < -0.39 is 12.0 Å². The van der Waals surface area contributed by atoms with Gasteiger partial charge in [-0.05, 0) is 31.5 Å². The number of aromatic carboxylic acids is 1. The van der Waals surface area contributed by atoms with E-state index in [1.54, 1.807) is 30.1 Å². The summed E-state index contributed by atoms with van der Waals surface area (Å²) in [6.45, 7) is 4.44. The number of hydrogen-bond acceptors (Lipinski definition) is 3. The van der Waals surface area contributed by atoms with Crippen molar-refractivity contribution < 1.29 is 14.7 Å². The number of hydrogen-bond donors (Lipinski definition) is 3. The zero-order valence-corrected chi connectivity index (χ0v) is 11.8. The standard InChI is InChI=1S/C14H16N4O3/c1-3-18-8-11(7-15-18)16-14(21)17-12-6-10(13(19)20)5-4-9(12)2/h4-8H,3H2,1-2H3,(H,19,20)(H2,16,17,21). The van der Waals surface area contributed by atoms with Crippen LogP contribution in [0.15, 0.2) is 30.6 Å². The van der Waals surface area contributed by atoms with Crippen LogP contribution >= 0.6 is 0 Å². The summed E-state index contributed by atoms with van der Waals surface area (Å²) >= 11 is 0. The number of nitrogens with zero attached hydrogens (tertiary/aromatic N) is 2. The van der Waals surface area contributed by atoms with Gasteiger partial charge in [0.05, 0.1) is 17.4 Å². The van der Waals surface area contributed by atoms with Crippen molar-refractivity contribution in [1.82, 2.24) is 9.78 Å². The molecule has 0 saturated heterocycles. The number of nitrogens with one attached hydrogen (secondary N) is 2. The zero-order valence-electron chi connectivity index (χ0n) is 11.8. The maximum absolute atomic E-state index is 11.9. The maximum Gasteiger partial charge on any atom is 0.335 e. The van der Waals surface area contributed by atoms with E-state index in [2.05, 4.69) is 15.7 Å². The third-order valence-electron chi connectivity index (χ3n) is 2.95. The van der Waals surface area contributed by atoms with Gasteiger partial charge in [0.1, 0.15) is 0 Å². The van der Waals surface area contributed by atoms with Crippen LogP contribution in [0.1, 0.15) is 22.8 Å². The van der Waals surface area contributed by atoms with Crippen molar-refractivity contribution in [2.75, 3.05) is 10.6 Å². The lowest BCUT2D eigenvalue weighted by Crippen LogP contribution is -2.20. The Morgan fingerprint density at radius 3 is 2.71 bits per heavy atom. The summed E-state index contributed by atoms with van der Waals surface area (Å²) < 4.78 is 1.69. The van der Waals surface area contributed by atoms with Gasteiger partial charge in [-0.2, -0.15) is 5.10 Å². The number of rotatable bonds is 4. The van der Waals surface area contributed by atoms with Gasteiger partial charge >= 0.3 is 12.0 Å². The van der Waals surface area contributed by atoms with Crippen molar-refractivity contribution in [3.63, 3.8) is 0 Å². The average molecular weight is 288 g/mol. The zero-order chi connectivity index (χ0) is 15.4. The fourth-order valence-electron chi connectivity index (χ4n) is 1.78. The Kier molecular flexibility index (Phi) is 4.22. The number of carbonyl (C=O) groups excluding carboxylic acids is 1. The van der Waals surface area contributed by atoms with Crippen LogP contribution in [0, 0.1) is 6.92 Å². The Bertz CT molecular complexity index is 679. The van der Waals surface area contributed by atoms with Crippen LogP contribution in [0.4, 0.5) is 16.2 Å². The van der Waals surface area contributed by atoms with Crippen molar-refractivity contribution in [3.8, 4) is 0 Å². The lowest BCUT2D eigenvalue weighted by atomic mass is 10.1. The quantitative estimate of drug-likeness (QED) is 0.805. The number of carbonyl (C=O) groups is 2. The molecule has 21 heavy (non-hydrogen) atoms. The van der Waals surface area contributed by atoms with Crippen molar-refractivity contribution >= 4 is 23.4 Å². The summed E-state index contributed by atoms with van der Waals surface area (Å²) in [5, 5.41) is 18.3. The first-order valence-corrected chi connectivity index (χ1v) is 6.44. The van der Waals surface area contributed by atoms with Crippen LogP contribution in [0.2, 0.25) is 0 Å². The summed E-state index contributed by atoms with van der Waals surface area (Å²) in [6, 6.07) is 4.11. The van der Waals surface area contributed by atoms with E-state index in [0.29, 0.717) is 17.9 Å². The van der Waals surface area contributed by atoms with Crippen LogP contribution in [-0.2, 0) is 6.54 Å². The van der Waals surface area contributed by atoms with Crippen LogP contribution in [-0.4, -0.2) is 26.9 Å². The summed E-state index contributed by atoms with van der Waals surface area (Å²) in [7, 11) is 0. The molecule has 1 heterocycles. The molecule has 1 aromatic heterocycles.